The number of benzene rings is 3. The first-order chi connectivity index (χ1) is 13.0. The Kier molecular flexibility index (Phi) is 5.64. The fourth-order valence-corrected chi connectivity index (χ4v) is 2.57. The number of nitrogens with two attached hydrogens (primary N) is 1. The van der Waals surface area contributed by atoms with Gasteiger partial charge in [0.2, 0.25) is 0 Å². The molecule has 1 heterocycles. The average Bonchev–Trinajstić information content (AvgIpc) is 2.66. The molecule has 136 valence electrons. The van der Waals surface area contributed by atoms with Gasteiger partial charge in [-0.3, -0.25) is 4.98 Å². The van der Waals surface area contributed by atoms with Crippen molar-refractivity contribution in [3.63, 3.8) is 0 Å². The van der Waals surface area contributed by atoms with Crippen molar-refractivity contribution in [1.82, 2.24) is 4.98 Å². The van der Waals surface area contributed by atoms with Gasteiger partial charge >= 0.3 is 0 Å². The highest BCUT2D eigenvalue weighted by Crippen LogP contribution is 2.27. The molecular weight excluding hydrogens is 362 g/mol. The summed E-state index contributed by atoms with van der Waals surface area (Å²) in [5, 5.41) is 22.9. The van der Waals surface area contributed by atoms with Crippen LogP contribution in [0, 0.1) is 0 Å². The lowest BCUT2D eigenvalue weighted by Crippen LogP contribution is -1.92. The van der Waals surface area contributed by atoms with Gasteiger partial charge in [0.25, 0.3) is 0 Å². The number of hydrogen-bond acceptors (Lipinski definition) is 5. The summed E-state index contributed by atoms with van der Waals surface area (Å²) >= 11 is 5.96. The standard InChI is InChI=1S/C15H11ClN2O.C6H7NO/c16-10-1-6-13-14(7-8-17-15(13)9-10)18-11-2-4-12(19)5-3-11;7-5-1-3-6(8)4-2-5/h1-9,19H,(H,17,18);1-4,8H,7H2. The van der Waals surface area contributed by atoms with Crippen LogP contribution in [0.5, 0.6) is 11.5 Å². The van der Waals surface area contributed by atoms with E-state index < -0.39 is 0 Å². The number of halogens is 1. The Bertz CT molecular complexity index is 1010. The van der Waals surface area contributed by atoms with Gasteiger partial charge in [-0.25, -0.2) is 0 Å². The molecule has 3 aromatic carbocycles. The van der Waals surface area contributed by atoms with E-state index in [0.717, 1.165) is 22.3 Å². The first-order valence-corrected chi connectivity index (χ1v) is 8.54. The van der Waals surface area contributed by atoms with Crippen LogP contribution >= 0.6 is 11.6 Å². The fraction of sp³-hybridized carbons (Fsp3) is 0. The van der Waals surface area contributed by atoms with E-state index in [1.807, 2.05) is 36.4 Å². The van der Waals surface area contributed by atoms with Crippen LogP contribution < -0.4 is 11.1 Å². The Labute approximate surface area is 161 Å². The maximum absolute atomic E-state index is 9.27. The van der Waals surface area contributed by atoms with E-state index in [0.29, 0.717) is 10.7 Å². The van der Waals surface area contributed by atoms with Gasteiger partial charge in [-0.05, 0) is 72.8 Å². The van der Waals surface area contributed by atoms with E-state index in [1.165, 1.54) is 0 Å². The molecule has 0 bridgehead atoms. The zero-order valence-corrected chi connectivity index (χ0v) is 15.1. The van der Waals surface area contributed by atoms with Gasteiger partial charge in [0.15, 0.2) is 0 Å². The normalized spacial score (nSPS) is 10.1. The maximum Gasteiger partial charge on any atom is 0.115 e. The zero-order chi connectivity index (χ0) is 19.2. The molecule has 5 nitrogen and oxygen atoms in total. The molecule has 0 saturated carbocycles. The van der Waals surface area contributed by atoms with Crippen molar-refractivity contribution < 1.29 is 10.2 Å². The molecule has 0 fully saturated rings. The van der Waals surface area contributed by atoms with E-state index in [-0.39, 0.29) is 11.5 Å². The third kappa shape index (κ3) is 5.03. The Morgan fingerprint density at radius 2 is 1.44 bits per heavy atom. The van der Waals surface area contributed by atoms with E-state index >= 15 is 0 Å². The summed E-state index contributed by atoms with van der Waals surface area (Å²) < 4.78 is 0. The SMILES string of the molecule is Nc1ccc(O)cc1.Oc1ccc(Nc2ccnc3cc(Cl)ccc23)cc1. The lowest BCUT2D eigenvalue weighted by atomic mass is 10.2. The number of nitrogens with one attached hydrogen (secondary N) is 1. The van der Waals surface area contributed by atoms with Crippen molar-refractivity contribution >= 4 is 39.6 Å². The lowest BCUT2D eigenvalue weighted by molar-refractivity contribution is 0.475. The van der Waals surface area contributed by atoms with Crippen LogP contribution in [0.2, 0.25) is 5.02 Å². The zero-order valence-electron chi connectivity index (χ0n) is 14.3. The van der Waals surface area contributed by atoms with Crippen molar-refractivity contribution in [1.29, 1.82) is 0 Å². The number of hydrogen-bond donors (Lipinski definition) is 4. The second kappa shape index (κ2) is 8.29. The molecule has 0 aliphatic rings. The molecule has 0 unspecified atom stereocenters. The number of phenols is 2. The number of rotatable bonds is 2. The minimum atomic E-state index is 0.247. The Morgan fingerprint density at radius 1 is 0.815 bits per heavy atom. The molecule has 6 heteroatoms. The average molecular weight is 380 g/mol. The van der Waals surface area contributed by atoms with Crippen molar-refractivity contribution in [3.8, 4) is 11.5 Å². The van der Waals surface area contributed by atoms with E-state index in [2.05, 4.69) is 10.3 Å². The third-order valence-corrected chi connectivity index (χ3v) is 3.98. The molecule has 0 amide bonds. The van der Waals surface area contributed by atoms with Crippen LogP contribution in [-0.2, 0) is 0 Å². The van der Waals surface area contributed by atoms with Crippen LogP contribution in [0.3, 0.4) is 0 Å². The summed E-state index contributed by atoms with van der Waals surface area (Å²) in [7, 11) is 0. The molecule has 0 radical (unpaired) electrons. The highest BCUT2D eigenvalue weighted by Gasteiger charge is 2.03. The first kappa shape index (κ1) is 18.4. The second-order valence-electron chi connectivity index (χ2n) is 5.78. The summed E-state index contributed by atoms with van der Waals surface area (Å²) in [5.74, 6) is 0.496. The predicted molar refractivity (Wildman–Crippen MR) is 111 cm³/mol. The number of pyridine rings is 1. The first-order valence-electron chi connectivity index (χ1n) is 8.16. The summed E-state index contributed by atoms with van der Waals surface area (Å²) in [6.45, 7) is 0. The Balaban J connectivity index is 0.000000221. The van der Waals surface area contributed by atoms with Crippen molar-refractivity contribution in [2.75, 3.05) is 11.1 Å². The quantitative estimate of drug-likeness (QED) is 0.280. The molecule has 0 atom stereocenters. The van der Waals surface area contributed by atoms with Gasteiger partial charge in [0, 0.05) is 33.7 Å². The number of aromatic nitrogens is 1. The van der Waals surface area contributed by atoms with Crippen LogP contribution in [0.4, 0.5) is 17.1 Å². The molecular formula is C21H18ClN3O2. The molecule has 0 aliphatic carbocycles. The number of nitrogen functional groups attached to an aromatic ring is 1. The topological polar surface area (TPSA) is 91.4 Å². The minimum Gasteiger partial charge on any atom is -0.508 e. The van der Waals surface area contributed by atoms with Gasteiger partial charge in [0.1, 0.15) is 11.5 Å². The lowest BCUT2D eigenvalue weighted by Gasteiger charge is -2.09. The summed E-state index contributed by atoms with van der Waals surface area (Å²) in [5.41, 5.74) is 8.68. The van der Waals surface area contributed by atoms with Crippen molar-refractivity contribution in [3.05, 3.63) is 84.0 Å². The van der Waals surface area contributed by atoms with Crippen LogP contribution in [0.25, 0.3) is 10.9 Å². The molecule has 1 aromatic heterocycles. The summed E-state index contributed by atoms with van der Waals surface area (Å²) in [6.07, 6.45) is 1.74. The number of aromatic hydroxyl groups is 2. The molecule has 4 rings (SSSR count). The highest BCUT2D eigenvalue weighted by molar-refractivity contribution is 6.31. The van der Waals surface area contributed by atoms with Crippen LogP contribution in [-0.4, -0.2) is 15.2 Å². The summed E-state index contributed by atoms with van der Waals surface area (Å²) in [6, 6.07) is 20.8. The summed E-state index contributed by atoms with van der Waals surface area (Å²) in [4.78, 5) is 4.29. The van der Waals surface area contributed by atoms with E-state index in [4.69, 9.17) is 22.4 Å². The fourth-order valence-electron chi connectivity index (χ4n) is 2.40. The highest BCUT2D eigenvalue weighted by atomic mass is 35.5. The van der Waals surface area contributed by atoms with Crippen LogP contribution in [0.1, 0.15) is 0 Å². The smallest absolute Gasteiger partial charge is 0.115 e. The molecule has 0 spiro atoms. The maximum atomic E-state index is 9.27. The molecule has 0 aliphatic heterocycles. The van der Waals surface area contributed by atoms with Gasteiger partial charge in [-0.15, -0.1) is 0 Å². The number of nitrogens with zero attached hydrogens (tertiary/aromatic N) is 1. The Hall–Kier alpha value is -3.44. The van der Waals surface area contributed by atoms with Gasteiger partial charge < -0.3 is 21.3 Å². The Morgan fingerprint density at radius 3 is 2.07 bits per heavy atom. The van der Waals surface area contributed by atoms with Crippen molar-refractivity contribution in [2.45, 2.75) is 0 Å². The largest absolute Gasteiger partial charge is 0.508 e. The van der Waals surface area contributed by atoms with Gasteiger partial charge in [-0.2, -0.15) is 0 Å². The second-order valence-corrected chi connectivity index (χ2v) is 6.22. The molecule has 27 heavy (non-hydrogen) atoms. The third-order valence-electron chi connectivity index (χ3n) is 3.74. The molecule has 4 aromatic rings. The molecule has 5 N–H and O–H groups in total. The monoisotopic (exact) mass is 379 g/mol. The van der Waals surface area contributed by atoms with E-state index in [1.54, 1.807) is 42.6 Å². The molecule has 0 saturated heterocycles. The number of phenolic OH excluding ortho intramolecular Hbond substituents is 2. The number of fused-ring (bicyclic) bond motifs is 1. The predicted octanol–water partition coefficient (Wildman–Crippen LogP) is 5.31. The van der Waals surface area contributed by atoms with Gasteiger partial charge in [-0.1, -0.05) is 11.6 Å². The van der Waals surface area contributed by atoms with E-state index in [9.17, 15) is 5.11 Å². The van der Waals surface area contributed by atoms with Crippen LogP contribution in [0.15, 0.2) is 79.0 Å². The number of anilines is 3. The van der Waals surface area contributed by atoms with Gasteiger partial charge in [0.05, 0.1) is 5.52 Å². The minimum absolute atomic E-state index is 0.247. The van der Waals surface area contributed by atoms with Crippen molar-refractivity contribution in [2.24, 2.45) is 0 Å².